The smallest absolute Gasteiger partial charge is 0.229 e. The maximum Gasteiger partial charge on any atom is 0.229 e. The van der Waals surface area contributed by atoms with Gasteiger partial charge in [-0.25, -0.2) is 4.98 Å². The van der Waals surface area contributed by atoms with Crippen molar-refractivity contribution in [2.75, 3.05) is 5.32 Å². The van der Waals surface area contributed by atoms with Gasteiger partial charge in [-0.15, -0.1) is 0 Å². The van der Waals surface area contributed by atoms with Gasteiger partial charge in [-0.3, -0.25) is 4.79 Å². The summed E-state index contributed by atoms with van der Waals surface area (Å²) in [5, 5.41) is 4.39. The number of amides is 1. The molecule has 2 aliphatic carbocycles. The number of thiazole rings is 1. The molecular weight excluding hydrogens is 292 g/mol. The topological polar surface area (TPSA) is 42.0 Å². The van der Waals surface area contributed by atoms with Crippen LogP contribution in [0, 0.1) is 17.8 Å². The first-order valence-corrected chi connectivity index (χ1v) is 8.25. The second-order valence-electron chi connectivity index (χ2n) is 5.90. The second-order valence-corrected chi connectivity index (χ2v) is 7.37. The third-order valence-corrected chi connectivity index (χ3v) is 5.82. The summed E-state index contributed by atoms with van der Waals surface area (Å²) >= 11 is 7.46. The standard InChI is InChI=1S/C15H15ClN2OS/c16-10-3-4-12-13(7-10)20-15(17-12)18-14(19)11-6-8-1-2-9(11)5-8/h3-4,7-9,11H,1-2,5-6H2,(H,17,18,19). The third-order valence-electron chi connectivity index (χ3n) is 4.66. The van der Waals surface area contributed by atoms with Crippen molar-refractivity contribution in [2.45, 2.75) is 25.7 Å². The van der Waals surface area contributed by atoms with E-state index in [-0.39, 0.29) is 11.8 Å². The maximum absolute atomic E-state index is 12.4. The number of aromatic nitrogens is 1. The monoisotopic (exact) mass is 306 g/mol. The summed E-state index contributed by atoms with van der Waals surface area (Å²) < 4.78 is 1.01. The molecule has 0 aliphatic heterocycles. The molecule has 20 heavy (non-hydrogen) atoms. The van der Waals surface area contributed by atoms with Crippen LogP contribution < -0.4 is 5.32 Å². The molecule has 1 aromatic carbocycles. The van der Waals surface area contributed by atoms with Crippen molar-refractivity contribution in [3.63, 3.8) is 0 Å². The molecule has 0 radical (unpaired) electrons. The van der Waals surface area contributed by atoms with Gasteiger partial charge in [-0.05, 0) is 49.3 Å². The summed E-state index contributed by atoms with van der Waals surface area (Å²) in [6.07, 6.45) is 4.84. The zero-order valence-electron chi connectivity index (χ0n) is 10.9. The highest BCUT2D eigenvalue weighted by atomic mass is 35.5. The van der Waals surface area contributed by atoms with Crippen molar-refractivity contribution in [3.8, 4) is 0 Å². The predicted molar refractivity (Wildman–Crippen MR) is 82.2 cm³/mol. The van der Waals surface area contributed by atoms with Crippen LogP contribution in [-0.4, -0.2) is 10.9 Å². The van der Waals surface area contributed by atoms with Crippen LogP contribution in [0.15, 0.2) is 18.2 Å². The zero-order valence-corrected chi connectivity index (χ0v) is 12.5. The highest BCUT2D eigenvalue weighted by Crippen LogP contribution is 2.48. The number of carbonyl (C=O) groups is 1. The first-order valence-electron chi connectivity index (χ1n) is 7.06. The molecule has 3 nitrogen and oxygen atoms in total. The highest BCUT2D eigenvalue weighted by Gasteiger charge is 2.43. The summed E-state index contributed by atoms with van der Waals surface area (Å²) in [7, 11) is 0. The quantitative estimate of drug-likeness (QED) is 0.897. The molecular formula is C15H15ClN2OS. The van der Waals surface area contributed by atoms with Gasteiger partial charge in [0.1, 0.15) is 0 Å². The molecule has 2 fully saturated rings. The molecule has 2 saturated carbocycles. The molecule has 0 saturated heterocycles. The average molecular weight is 307 g/mol. The first-order chi connectivity index (χ1) is 9.69. The molecule has 1 amide bonds. The van der Waals surface area contributed by atoms with Crippen LogP contribution in [0.5, 0.6) is 0 Å². The molecule has 2 aromatic rings. The van der Waals surface area contributed by atoms with E-state index in [4.69, 9.17) is 11.6 Å². The fraction of sp³-hybridized carbons (Fsp3) is 0.467. The lowest BCUT2D eigenvalue weighted by molar-refractivity contribution is -0.121. The minimum Gasteiger partial charge on any atom is -0.302 e. The fourth-order valence-electron chi connectivity index (χ4n) is 3.72. The molecule has 3 unspecified atom stereocenters. The Morgan fingerprint density at radius 2 is 2.25 bits per heavy atom. The van der Waals surface area contributed by atoms with E-state index in [1.54, 1.807) is 0 Å². The van der Waals surface area contributed by atoms with Crippen LogP contribution in [0.1, 0.15) is 25.7 Å². The summed E-state index contributed by atoms with van der Waals surface area (Å²) in [6, 6.07) is 5.61. The van der Waals surface area contributed by atoms with Crippen molar-refractivity contribution in [2.24, 2.45) is 17.8 Å². The molecule has 1 heterocycles. The van der Waals surface area contributed by atoms with Gasteiger partial charge in [-0.2, -0.15) is 0 Å². The molecule has 1 aromatic heterocycles. The van der Waals surface area contributed by atoms with E-state index >= 15 is 0 Å². The fourth-order valence-corrected chi connectivity index (χ4v) is 4.86. The number of nitrogens with zero attached hydrogens (tertiary/aromatic N) is 1. The summed E-state index contributed by atoms with van der Waals surface area (Å²) in [5.41, 5.74) is 0.891. The van der Waals surface area contributed by atoms with E-state index in [9.17, 15) is 4.79 Å². The van der Waals surface area contributed by atoms with Crippen molar-refractivity contribution in [3.05, 3.63) is 23.2 Å². The zero-order chi connectivity index (χ0) is 13.7. The predicted octanol–water partition coefficient (Wildman–Crippen LogP) is 4.32. The normalized spacial score (nSPS) is 28.1. The van der Waals surface area contributed by atoms with Gasteiger partial charge >= 0.3 is 0 Å². The van der Waals surface area contributed by atoms with Crippen LogP contribution in [-0.2, 0) is 4.79 Å². The van der Waals surface area contributed by atoms with Crippen molar-refractivity contribution >= 4 is 44.2 Å². The van der Waals surface area contributed by atoms with E-state index in [0.29, 0.717) is 16.1 Å². The Kier molecular flexibility index (Phi) is 2.97. The van der Waals surface area contributed by atoms with Crippen molar-refractivity contribution < 1.29 is 4.79 Å². The first kappa shape index (κ1) is 12.6. The third kappa shape index (κ3) is 2.11. The van der Waals surface area contributed by atoms with E-state index in [1.807, 2.05) is 18.2 Å². The van der Waals surface area contributed by atoms with Crippen LogP contribution in [0.25, 0.3) is 10.2 Å². The Balaban J connectivity index is 1.53. The number of halogens is 1. The number of hydrogen-bond acceptors (Lipinski definition) is 3. The van der Waals surface area contributed by atoms with Gasteiger partial charge < -0.3 is 5.32 Å². The number of anilines is 1. The number of carbonyl (C=O) groups excluding carboxylic acids is 1. The average Bonchev–Trinajstić information content (AvgIpc) is 3.11. The lowest BCUT2D eigenvalue weighted by atomic mass is 9.88. The molecule has 2 aliphatic rings. The van der Waals surface area contributed by atoms with Crippen molar-refractivity contribution in [1.29, 1.82) is 0 Å². The Labute approximate surface area is 126 Å². The lowest BCUT2D eigenvalue weighted by Gasteiger charge is -2.19. The van der Waals surface area contributed by atoms with Gasteiger partial charge in [0.25, 0.3) is 0 Å². The van der Waals surface area contributed by atoms with Gasteiger partial charge in [-0.1, -0.05) is 29.4 Å². The number of nitrogens with one attached hydrogen (secondary N) is 1. The maximum atomic E-state index is 12.4. The van der Waals surface area contributed by atoms with E-state index in [0.717, 1.165) is 22.6 Å². The summed E-state index contributed by atoms with van der Waals surface area (Å²) in [6.45, 7) is 0. The summed E-state index contributed by atoms with van der Waals surface area (Å²) in [4.78, 5) is 16.8. The molecule has 2 bridgehead atoms. The lowest BCUT2D eigenvalue weighted by Crippen LogP contribution is -2.27. The van der Waals surface area contributed by atoms with Gasteiger partial charge in [0, 0.05) is 10.9 Å². The largest absolute Gasteiger partial charge is 0.302 e. The SMILES string of the molecule is O=C(Nc1nc2ccc(Cl)cc2s1)C1CC2CCC1C2. The Morgan fingerprint density at radius 1 is 1.35 bits per heavy atom. The second kappa shape index (κ2) is 4.71. The van der Waals surface area contributed by atoms with Crippen LogP contribution >= 0.6 is 22.9 Å². The number of benzene rings is 1. The van der Waals surface area contributed by atoms with Gasteiger partial charge in [0.15, 0.2) is 5.13 Å². The molecule has 3 atom stereocenters. The van der Waals surface area contributed by atoms with Gasteiger partial charge in [0.2, 0.25) is 5.91 Å². The Morgan fingerprint density at radius 3 is 3.00 bits per heavy atom. The minimum absolute atomic E-state index is 0.155. The van der Waals surface area contributed by atoms with Crippen LogP contribution in [0.3, 0.4) is 0 Å². The van der Waals surface area contributed by atoms with E-state index in [2.05, 4.69) is 10.3 Å². The highest BCUT2D eigenvalue weighted by molar-refractivity contribution is 7.22. The molecule has 104 valence electrons. The summed E-state index contributed by atoms with van der Waals surface area (Å²) in [5.74, 6) is 1.74. The Hall–Kier alpha value is -1.13. The number of rotatable bonds is 2. The number of fused-ring (bicyclic) bond motifs is 3. The van der Waals surface area contributed by atoms with Crippen LogP contribution in [0.4, 0.5) is 5.13 Å². The number of hydrogen-bond donors (Lipinski definition) is 1. The molecule has 5 heteroatoms. The Bertz CT molecular complexity index is 684. The van der Waals surface area contributed by atoms with Crippen molar-refractivity contribution in [1.82, 2.24) is 4.98 Å². The minimum atomic E-state index is 0.155. The molecule has 0 spiro atoms. The van der Waals surface area contributed by atoms with Gasteiger partial charge in [0.05, 0.1) is 10.2 Å². The van der Waals surface area contributed by atoms with E-state index < -0.39 is 0 Å². The van der Waals surface area contributed by atoms with E-state index in [1.165, 1.54) is 30.6 Å². The molecule has 4 rings (SSSR count). The molecule has 1 N–H and O–H groups in total. The van der Waals surface area contributed by atoms with Crippen LogP contribution in [0.2, 0.25) is 5.02 Å².